The minimum Gasteiger partial charge on any atom is -0.481 e. The number of aromatic nitrogens is 2. The SMILES string of the molecule is CC(Oc1ccc(Oc2ncc(Cl)cc2F)cc1)C(=O)N(C)c1ccc([N+](=O)[O-])c(C#N)n1. The number of nitrogens with zero attached hydrogens (tertiary/aromatic N) is 5. The number of amides is 1. The van der Waals surface area contributed by atoms with Crippen LogP contribution in [0, 0.1) is 27.3 Å². The number of carbonyl (C=O) groups excluding carboxylic acids is 1. The number of nitriles is 1. The highest BCUT2D eigenvalue weighted by Gasteiger charge is 2.24. The summed E-state index contributed by atoms with van der Waals surface area (Å²) in [6, 6.07) is 11.1. The largest absolute Gasteiger partial charge is 0.481 e. The molecular formula is C21H15ClFN5O5. The van der Waals surface area contributed by atoms with E-state index in [4.69, 9.17) is 26.3 Å². The maximum absolute atomic E-state index is 13.8. The van der Waals surface area contributed by atoms with Crippen molar-refractivity contribution >= 4 is 29.0 Å². The molecule has 0 fully saturated rings. The molecule has 0 saturated carbocycles. The van der Waals surface area contributed by atoms with Crippen LogP contribution in [0.15, 0.2) is 48.7 Å². The lowest BCUT2D eigenvalue weighted by Crippen LogP contribution is -2.38. The average molecular weight is 472 g/mol. The zero-order valence-electron chi connectivity index (χ0n) is 17.2. The normalized spacial score (nSPS) is 11.2. The van der Waals surface area contributed by atoms with Crippen LogP contribution < -0.4 is 14.4 Å². The summed E-state index contributed by atoms with van der Waals surface area (Å²) >= 11 is 5.66. The van der Waals surface area contributed by atoms with E-state index in [-0.39, 0.29) is 22.5 Å². The number of ether oxygens (including phenoxy) is 2. The van der Waals surface area contributed by atoms with Gasteiger partial charge in [0.2, 0.25) is 5.69 Å². The van der Waals surface area contributed by atoms with E-state index in [1.165, 1.54) is 50.5 Å². The first-order valence-corrected chi connectivity index (χ1v) is 9.66. The Labute approximate surface area is 191 Å². The van der Waals surface area contributed by atoms with Crippen molar-refractivity contribution in [2.24, 2.45) is 0 Å². The Kier molecular flexibility index (Phi) is 7.00. The lowest BCUT2D eigenvalue weighted by atomic mass is 10.2. The summed E-state index contributed by atoms with van der Waals surface area (Å²) in [6.07, 6.45) is 0.292. The van der Waals surface area contributed by atoms with Crippen molar-refractivity contribution in [2.45, 2.75) is 13.0 Å². The Balaban J connectivity index is 1.67. The van der Waals surface area contributed by atoms with Gasteiger partial charge in [-0.1, -0.05) is 11.6 Å². The number of rotatable bonds is 7. The number of benzene rings is 1. The summed E-state index contributed by atoms with van der Waals surface area (Å²) in [4.78, 5) is 31.7. The first kappa shape index (κ1) is 23.4. The van der Waals surface area contributed by atoms with Crippen molar-refractivity contribution in [3.8, 4) is 23.4 Å². The maximum atomic E-state index is 13.8. The molecule has 0 radical (unpaired) electrons. The Morgan fingerprint density at radius 3 is 2.55 bits per heavy atom. The summed E-state index contributed by atoms with van der Waals surface area (Å²) < 4.78 is 24.8. The van der Waals surface area contributed by atoms with Crippen molar-refractivity contribution in [1.82, 2.24) is 9.97 Å². The van der Waals surface area contributed by atoms with Gasteiger partial charge in [0.05, 0.1) is 9.95 Å². The minimum absolute atomic E-state index is 0.0545. The van der Waals surface area contributed by atoms with E-state index in [9.17, 15) is 19.3 Å². The van der Waals surface area contributed by atoms with E-state index < -0.39 is 34.1 Å². The number of hydrogen-bond donors (Lipinski definition) is 0. The van der Waals surface area contributed by atoms with Gasteiger partial charge >= 0.3 is 5.69 Å². The molecule has 3 rings (SSSR count). The van der Waals surface area contributed by atoms with Gasteiger partial charge in [0, 0.05) is 19.3 Å². The first-order chi connectivity index (χ1) is 15.7. The second-order valence-corrected chi connectivity index (χ2v) is 7.01. The van der Waals surface area contributed by atoms with E-state index in [0.717, 1.165) is 17.0 Å². The maximum Gasteiger partial charge on any atom is 0.305 e. The Hall–Kier alpha value is -4.30. The van der Waals surface area contributed by atoms with E-state index in [1.807, 2.05) is 0 Å². The monoisotopic (exact) mass is 471 g/mol. The summed E-state index contributed by atoms with van der Waals surface area (Å²) in [5, 5.41) is 20.2. The van der Waals surface area contributed by atoms with Crippen LogP contribution in [0.4, 0.5) is 15.9 Å². The fraction of sp³-hybridized carbons (Fsp3) is 0.143. The van der Waals surface area contributed by atoms with Gasteiger partial charge in [0.15, 0.2) is 11.9 Å². The highest BCUT2D eigenvalue weighted by atomic mass is 35.5. The zero-order chi connectivity index (χ0) is 24.1. The number of likely N-dealkylation sites (N-methyl/N-ethyl adjacent to an activating group) is 1. The first-order valence-electron chi connectivity index (χ1n) is 9.28. The topological polar surface area (TPSA) is 131 Å². The molecule has 0 saturated heterocycles. The molecule has 0 spiro atoms. The highest BCUT2D eigenvalue weighted by molar-refractivity contribution is 6.30. The predicted octanol–water partition coefficient (Wildman–Crippen LogP) is 4.27. The van der Waals surface area contributed by atoms with Crippen molar-refractivity contribution in [2.75, 3.05) is 11.9 Å². The molecular weight excluding hydrogens is 457 g/mol. The lowest BCUT2D eigenvalue weighted by molar-refractivity contribution is -0.385. The Bertz CT molecular complexity index is 1250. The number of anilines is 1. The van der Waals surface area contributed by atoms with Crippen molar-refractivity contribution in [3.05, 3.63) is 75.3 Å². The van der Waals surface area contributed by atoms with Crippen LogP contribution in [0.3, 0.4) is 0 Å². The van der Waals surface area contributed by atoms with Gasteiger partial charge in [-0.05, 0) is 43.3 Å². The van der Waals surface area contributed by atoms with E-state index in [2.05, 4.69) is 9.97 Å². The average Bonchev–Trinajstić information content (AvgIpc) is 2.80. The van der Waals surface area contributed by atoms with Crippen molar-refractivity contribution < 1.29 is 23.6 Å². The van der Waals surface area contributed by atoms with Crippen LogP contribution >= 0.6 is 11.6 Å². The number of nitro groups is 1. The summed E-state index contributed by atoms with van der Waals surface area (Å²) in [5.74, 6) is -0.802. The number of carbonyl (C=O) groups is 1. The van der Waals surface area contributed by atoms with E-state index in [1.54, 1.807) is 6.07 Å². The molecule has 1 aromatic carbocycles. The molecule has 33 heavy (non-hydrogen) atoms. The second-order valence-electron chi connectivity index (χ2n) is 6.58. The zero-order valence-corrected chi connectivity index (χ0v) is 18.0. The van der Waals surface area contributed by atoms with Crippen LogP contribution in [-0.2, 0) is 4.79 Å². The highest BCUT2D eigenvalue weighted by Crippen LogP contribution is 2.26. The van der Waals surface area contributed by atoms with Crippen LogP contribution in [-0.4, -0.2) is 34.0 Å². The molecule has 12 heteroatoms. The molecule has 0 aliphatic heterocycles. The van der Waals surface area contributed by atoms with Gasteiger partial charge in [0.25, 0.3) is 11.8 Å². The molecule has 0 aliphatic carbocycles. The van der Waals surface area contributed by atoms with Crippen molar-refractivity contribution in [1.29, 1.82) is 5.26 Å². The lowest BCUT2D eigenvalue weighted by Gasteiger charge is -2.21. The molecule has 3 aromatic rings. The molecule has 1 atom stereocenters. The molecule has 168 valence electrons. The van der Waals surface area contributed by atoms with Gasteiger partial charge in [-0.3, -0.25) is 19.8 Å². The minimum atomic E-state index is -0.959. The molecule has 2 aromatic heterocycles. The molecule has 10 nitrogen and oxygen atoms in total. The molecule has 1 unspecified atom stereocenters. The van der Waals surface area contributed by atoms with Crippen LogP contribution in [0.1, 0.15) is 12.6 Å². The quantitative estimate of drug-likeness (QED) is 0.368. The number of pyridine rings is 2. The molecule has 1 amide bonds. The third kappa shape index (κ3) is 5.50. The smallest absolute Gasteiger partial charge is 0.305 e. The van der Waals surface area contributed by atoms with Crippen LogP contribution in [0.2, 0.25) is 5.02 Å². The van der Waals surface area contributed by atoms with E-state index >= 15 is 0 Å². The third-order valence-corrected chi connectivity index (χ3v) is 4.52. The van der Waals surface area contributed by atoms with E-state index in [0.29, 0.717) is 5.75 Å². The fourth-order valence-corrected chi connectivity index (χ4v) is 2.82. The van der Waals surface area contributed by atoms with Gasteiger partial charge in [-0.25, -0.2) is 14.4 Å². The standard InChI is InChI=1S/C21H15ClFN5O5/c1-12(21(29)27(2)19-8-7-18(28(30)31)17(10-24)26-19)32-14-3-5-15(6-4-14)33-20-16(23)9-13(22)11-25-20/h3-9,11-12H,1-2H3. The van der Waals surface area contributed by atoms with Crippen molar-refractivity contribution in [3.63, 3.8) is 0 Å². The number of hydrogen-bond acceptors (Lipinski definition) is 8. The van der Waals surface area contributed by atoms with Gasteiger partial charge < -0.3 is 9.47 Å². The summed E-state index contributed by atoms with van der Waals surface area (Å²) in [5.41, 5.74) is -0.865. The molecule has 0 aliphatic rings. The summed E-state index contributed by atoms with van der Waals surface area (Å²) in [6.45, 7) is 1.51. The Morgan fingerprint density at radius 2 is 1.94 bits per heavy atom. The number of halogens is 2. The van der Waals surface area contributed by atoms with Gasteiger partial charge in [-0.15, -0.1) is 0 Å². The molecule has 0 bridgehead atoms. The predicted molar refractivity (Wildman–Crippen MR) is 115 cm³/mol. The summed E-state index contributed by atoms with van der Waals surface area (Å²) in [7, 11) is 1.40. The second kappa shape index (κ2) is 9.88. The third-order valence-electron chi connectivity index (χ3n) is 4.31. The van der Waals surface area contributed by atoms with Crippen LogP contribution in [0.25, 0.3) is 0 Å². The van der Waals surface area contributed by atoms with Crippen LogP contribution in [0.5, 0.6) is 17.4 Å². The van der Waals surface area contributed by atoms with Gasteiger partial charge in [-0.2, -0.15) is 5.26 Å². The van der Waals surface area contributed by atoms with Gasteiger partial charge in [0.1, 0.15) is 23.4 Å². The Morgan fingerprint density at radius 1 is 1.27 bits per heavy atom. The molecule has 2 heterocycles. The fourth-order valence-electron chi connectivity index (χ4n) is 2.67. The molecule has 0 N–H and O–H groups in total.